The zero-order valence-electron chi connectivity index (χ0n) is 13.4. The van der Waals surface area contributed by atoms with Crippen LogP contribution in [0.5, 0.6) is 0 Å². The SMILES string of the molecule is CCC(C)C1CN(C2CCN(C)CC2)C(CC)CN1. The van der Waals surface area contributed by atoms with E-state index in [0.717, 1.165) is 18.0 Å². The molecule has 19 heavy (non-hydrogen) atoms. The highest BCUT2D eigenvalue weighted by atomic mass is 15.3. The van der Waals surface area contributed by atoms with Crippen LogP contribution in [0, 0.1) is 5.92 Å². The minimum absolute atomic E-state index is 0.701. The summed E-state index contributed by atoms with van der Waals surface area (Å²) in [4.78, 5) is 5.33. The van der Waals surface area contributed by atoms with E-state index in [-0.39, 0.29) is 0 Å². The third-order valence-electron chi connectivity index (χ3n) is 5.45. The standard InChI is InChI=1S/C16H33N3/c1-5-13(3)16-12-19(14(6-2)11-17-16)15-7-9-18(4)10-8-15/h13-17H,5-12H2,1-4H3. The molecule has 0 aliphatic carbocycles. The molecule has 3 atom stereocenters. The van der Waals surface area contributed by atoms with Crippen LogP contribution >= 0.6 is 0 Å². The maximum atomic E-state index is 3.80. The molecular formula is C16H33N3. The van der Waals surface area contributed by atoms with Gasteiger partial charge in [-0.05, 0) is 45.3 Å². The van der Waals surface area contributed by atoms with Crippen molar-refractivity contribution in [3.05, 3.63) is 0 Å². The van der Waals surface area contributed by atoms with Gasteiger partial charge in [-0.25, -0.2) is 0 Å². The van der Waals surface area contributed by atoms with Crippen LogP contribution in [-0.2, 0) is 0 Å². The Morgan fingerprint density at radius 1 is 1.21 bits per heavy atom. The molecule has 0 amide bonds. The van der Waals surface area contributed by atoms with Crippen LogP contribution in [0.4, 0.5) is 0 Å². The lowest BCUT2D eigenvalue weighted by Crippen LogP contribution is -2.62. The first-order valence-corrected chi connectivity index (χ1v) is 8.33. The van der Waals surface area contributed by atoms with Crippen LogP contribution in [0.15, 0.2) is 0 Å². The number of hydrogen-bond donors (Lipinski definition) is 1. The van der Waals surface area contributed by atoms with Gasteiger partial charge in [-0.2, -0.15) is 0 Å². The van der Waals surface area contributed by atoms with Crippen LogP contribution in [0.25, 0.3) is 0 Å². The van der Waals surface area contributed by atoms with Crippen molar-refractivity contribution in [2.24, 2.45) is 5.92 Å². The summed E-state index contributed by atoms with van der Waals surface area (Å²) in [6.07, 6.45) is 5.29. The van der Waals surface area contributed by atoms with Crippen LogP contribution in [0.3, 0.4) is 0 Å². The lowest BCUT2D eigenvalue weighted by atomic mass is 9.92. The zero-order valence-corrected chi connectivity index (χ0v) is 13.4. The fraction of sp³-hybridized carbons (Fsp3) is 1.00. The summed E-state index contributed by atoms with van der Waals surface area (Å²) in [5, 5.41) is 3.80. The van der Waals surface area contributed by atoms with Crippen molar-refractivity contribution in [3.8, 4) is 0 Å². The molecule has 0 spiro atoms. The smallest absolute Gasteiger partial charge is 0.0221 e. The van der Waals surface area contributed by atoms with E-state index in [1.165, 1.54) is 51.9 Å². The van der Waals surface area contributed by atoms with Crippen molar-refractivity contribution in [1.29, 1.82) is 0 Å². The maximum absolute atomic E-state index is 3.80. The van der Waals surface area contributed by atoms with Gasteiger partial charge in [0, 0.05) is 31.2 Å². The summed E-state index contributed by atoms with van der Waals surface area (Å²) in [6.45, 7) is 12.1. The lowest BCUT2D eigenvalue weighted by molar-refractivity contribution is 0.0354. The highest BCUT2D eigenvalue weighted by Gasteiger charge is 2.34. The molecule has 0 aromatic heterocycles. The van der Waals surface area contributed by atoms with Crippen LogP contribution in [-0.4, -0.2) is 61.2 Å². The third-order valence-corrected chi connectivity index (χ3v) is 5.45. The molecule has 2 rings (SSSR count). The largest absolute Gasteiger partial charge is 0.311 e. The highest BCUT2D eigenvalue weighted by Crippen LogP contribution is 2.24. The van der Waals surface area contributed by atoms with E-state index in [9.17, 15) is 0 Å². The molecule has 0 bridgehead atoms. The first kappa shape index (κ1) is 15.3. The predicted molar refractivity (Wildman–Crippen MR) is 82.5 cm³/mol. The second-order valence-corrected chi connectivity index (χ2v) is 6.69. The van der Waals surface area contributed by atoms with E-state index in [0.29, 0.717) is 6.04 Å². The van der Waals surface area contributed by atoms with Gasteiger partial charge in [0.2, 0.25) is 0 Å². The maximum Gasteiger partial charge on any atom is 0.0221 e. The molecule has 2 aliphatic rings. The number of nitrogens with one attached hydrogen (secondary N) is 1. The Morgan fingerprint density at radius 2 is 1.89 bits per heavy atom. The number of piperazine rings is 1. The average molecular weight is 267 g/mol. The van der Waals surface area contributed by atoms with Crippen molar-refractivity contribution in [3.63, 3.8) is 0 Å². The van der Waals surface area contributed by atoms with Crippen LogP contribution < -0.4 is 5.32 Å². The lowest BCUT2D eigenvalue weighted by Gasteiger charge is -2.48. The Labute approximate surface area is 119 Å². The predicted octanol–water partition coefficient (Wildman–Crippen LogP) is 2.18. The molecule has 2 aliphatic heterocycles. The molecule has 0 radical (unpaired) electrons. The fourth-order valence-corrected chi connectivity index (χ4v) is 3.66. The molecule has 3 nitrogen and oxygen atoms in total. The summed E-state index contributed by atoms with van der Waals surface area (Å²) in [5.41, 5.74) is 0. The van der Waals surface area contributed by atoms with Gasteiger partial charge >= 0.3 is 0 Å². The Kier molecular flexibility index (Phi) is 5.67. The summed E-state index contributed by atoms with van der Waals surface area (Å²) in [6, 6.07) is 2.29. The minimum Gasteiger partial charge on any atom is -0.311 e. The molecule has 3 heteroatoms. The zero-order chi connectivity index (χ0) is 13.8. The quantitative estimate of drug-likeness (QED) is 0.842. The summed E-state index contributed by atoms with van der Waals surface area (Å²) in [7, 11) is 2.26. The van der Waals surface area contributed by atoms with E-state index in [1.807, 2.05) is 0 Å². The molecule has 2 fully saturated rings. The third kappa shape index (κ3) is 3.71. The number of nitrogens with zero attached hydrogens (tertiary/aromatic N) is 2. The number of likely N-dealkylation sites (tertiary alicyclic amines) is 1. The van der Waals surface area contributed by atoms with Crippen molar-refractivity contribution in [2.45, 2.75) is 64.6 Å². The van der Waals surface area contributed by atoms with Crippen LogP contribution in [0.1, 0.15) is 46.5 Å². The van der Waals surface area contributed by atoms with Gasteiger partial charge in [0.25, 0.3) is 0 Å². The Hall–Kier alpha value is -0.120. The minimum atomic E-state index is 0.701. The van der Waals surface area contributed by atoms with Gasteiger partial charge < -0.3 is 10.2 Å². The second-order valence-electron chi connectivity index (χ2n) is 6.69. The van der Waals surface area contributed by atoms with E-state index in [1.54, 1.807) is 0 Å². The van der Waals surface area contributed by atoms with Gasteiger partial charge in [-0.1, -0.05) is 27.2 Å². The average Bonchev–Trinajstić information content (AvgIpc) is 2.46. The topological polar surface area (TPSA) is 18.5 Å². The monoisotopic (exact) mass is 267 g/mol. The Balaban J connectivity index is 1.97. The second kappa shape index (κ2) is 7.05. The van der Waals surface area contributed by atoms with E-state index in [4.69, 9.17) is 0 Å². The molecule has 0 aromatic rings. The Morgan fingerprint density at radius 3 is 2.47 bits per heavy atom. The summed E-state index contributed by atoms with van der Waals surface area (Å²) < 4.78 is 0. The van der Waals surface area contributed by atoms with Gasteiger partial charge in [-0.3, -0.25) is 4.90 Å². The molecule has 112 valence electrons. The van der Waals surface area contributed by atoms with Gasteiger partial charge in [0.15, 0.2) is 0 Å². The normalized spacial score (nSPS) is 33.5. The Bertz CT molecular complexity index is 261. The molecular weight excluding hydrogens is 234 g/mol. The fourth-order valence-electron chi connectivity index (χ4n) is 3.66. The van der Waals surface area contributed by atoms with Gasteiger partial charge in [0.05, 0.1) is 0 Å². The first-order valence-electron chi connectivity index (χ1n) is 8.33. The van der Waals surface area contributed by atoms with Crippen molar-refractivity contribution < 1.29 is 0 Å². The van der Waals surface area contributed by atoms with Gasteiger partial charge in [-0.15, -0.1) is 0 Å². The van der Waals surface area contributed by atoms with E-state index in [2.05, 4.69) is 42.9 Å². The van der Waals surface area contributed by atoms with Crippen molar-refractivity contribution in [2.75, 3.05) is 33.2 Å². The summed E-state index contributed by atoms with van der Waals surface area (Å²) >= 11 is 0. The molecule has 2 heterocycles. The number of hydrogen-bond acceptors (Lipinski definition) is 3. The molecule has 0 saturated carbocycles. The van der Waals surface area contributed by atoms with E-state index < -0.39 is 0 Å². The van der Waals surface area contributed by atoms with Crippen molar-refractivity contribution in [1.82, 2.24) is 15.1 Å². The van der Waals surface area contributed by atoms with Gasteiger partial charge in [0.1, 0.15) is 0 Å². The molecule has 1 N–H and O–H groups in total. The first-order chi connectivity index (χ1) is 9.15. The summed E-state index contributed by atoms with van der Waals surface area (Å²) in [5.74, 6) is 0.798. The molecule has 2 saturated heterocycles. The molecule has 3 unspecified atom stereocenters. The van der Waals surface area contributed by atoms with Crippen LogP contribution in [0.2, 0.25) is 0 Å². The number of piperidine rings is 1. The van der Waals surface area contributed by atoms with E-state index >= 15 is 0 Å². The van der Waals surface area contributed by atoms with Crippen molar-refractivity contribution >= 4 is 0 Å². The highest BCUT2D eigenvalue weighted by molar-refractivity contribution is 4.92. The number of rotatable bonds is 4. The molecule has 0 aromatic carbocycles.